The van der Waals surface area contributed by atoms with Gasteiger partial charge < -0.3 is 20.5 Å². The van der Waals surface area contributed by atoms with Crippen LogP contribution in [0.5, 0.6) is 5.75 Å². The molecule has 1 aromatic rings. The second kappa shape index (κ2) is 7.48. The van der Waals surface area contributed by atoms with Crippen molar-refractivity contribution in [1.29, 1.82) is 0 Å². The molecule has 1 atom stereocenters. The number of aliphatic hydroxyl groups excluding tert-OH is 1. The summed E-state index contributed by atoms with van der Waals surface area (Å²) >= 11 is 0. The lowest BCUT2D eigenvalue weighted by molar-refractivity contribution is 0.133. The quantitative estimate of drug-likeness (QED) is 0.776. The molecule has 0 aliphatic carbocycles. The number of likely N-dealkylation sites (N-methyl/N-ethyl adjacent to an activating group) is 1. The highest BCUT2D eigenvalue weighted by Crippen LogP contribution is 2.25. The monoisotopic (exact) mass is 266 g/mol. The predicted molar refractivity (Wildman–Crippen MR) is 78.7 cm³/mol. The van der Waals surface area contributed by atoms with Crippen molar-refractivity contribution in [2.75, 3.05) is 33.8 Å². The van der Waals surface area contributed by atoms with Crippen LogP contribution in [0.3, 0.4) is 0 Å². The molecule has 3 N–H and O–H groups in total. The summed E-state index contributed by atoms with van der Waals surface area (Å²) in [6.07, 6.45) is 0.450. The summed E-state index contributed by atoms with van der Waals surface area (Å²) in [6, 6.07) is 4.29. The molecule has 0 aromatic heterocycles. The maximum absolute atomic E-state index is 9.52. The molecule has 0 aliphatic rings. The largest absolute Gasteiger partial charge is 0.496 e. The normalized spacial score (nSPS) is 12.8. The minimum absolute atomic E-state index is 0.303. The lowest BCUT2D eigenvalue weighted by atomic mass is 10.0. The zero-order chi connectivity index (χ0) is 14.4. The summed E-state index contributed by atoms with van der Waals surface area (Å²) in [5.74, 6) is 0.971. The van der Waals surface area contributed by atoms with Crippen molar-refractivity contribution in [1.82, 2.24) is 4.90 Å². The molecule has 0 aliphatic heterocycles. The van der Waals surface area contributed by atoms with E-state index in [9.17, 15) is 5.11 Å². The van der Waals surface area contributed by atoms with Crippen LogP contribution in [0, 0.1) is 13.8 Å². The highest BCUT2D eigenvalue weighted by atomic mass is 16.5. The smallest absolute Gasteiger partial charge is 0.125 e. The molecule has 108 valence electrons. The molecule has 0 fully saturated rings. The number of aliphatic hydroxyl groups is 1. The van der Waals surface area contributed by atoms with Crippen LogP contribution >= 0.6 is 0 Å². The first kappa shape index (κ1) is 16.0. The summed E-state index contributed by atoms with van der Waals surface area (Å²) in [6.45, 7) is 5.94. The standard InChI is InChI=1S/C15H26N2O2/c1-11-7-12(2)15(19-4)13(8-11)5-6-17(3)10-14(18)9-16/h7-8,14,18H,5-6,9-10,16H2,1-4H3. The summed E-state index contributed by atoms with van der Waals surface area (Å²) in [4.78, 5) is 2.09. The van der Waals surface area contributed by atoms with Crippen LogP contribution in [0.4, 0.5) is 0 Å². The second-order valence-corrected chi connectivity index (χ2v) is 5.18. The van der Waals surface area contributed by atoms with E-state index in [-0.39, 0.29) is 0 Å². The van der Waals surface area contributed by atoms with E-state index in [1.165, 1.54) is 16.7 Å². The second-order valence-electron chi connectivity index (χ2n) is 5.18. The topological polar surface area (TPSA) is 58.7 Å². The Balaban J connectivity index is 2.67. The third kappa shape index (κ3) is 4.82. The van der Waals surface area contributed by atoms with Crippen LogP contribution in [0.2, 0.25) is 0 Å². The van der Waals surface area contributed by atoms with E-state index in [2.05, 4.69) is 30.9 Å². The molecule has 1 unspecified atom stereocenters. The summed E-state index contributed by atoms with van der Waals surface area (Å²) in [5, 5.41) is 9.52. The lowest BCUT2D eigenvalue weighted by Crippen LogP contribution is -2.35. The molecule has 0 saturated heterocycles. The van der Waals surface area contributed by atoms with Crippen LogP contribution in [0.1, 0.15) is 16.7 Å². The Bertz CT molecular complexity index is 407. The zero-order valence-corrected chi connectivity index (χ0v) is 12.4. The highest BCUT2D eigenvalue weighted by molar-refractivity contribution is 5.43. The Morgan fingerprint density at radius 3 is 2.63 bits per heavy atom. The van der Waals surface area contributed by atoms with Gasteiger partial charge in [-0.15, -0.1) is 0 Å². The number of aryl methyl sites for hydroxylation is 2. The first-order chi connectivity index (χ1) is 8.97. The summed E-state index contributed by atoms with van der Waals surface area (Å²) in [5.41, 5.74) is 9.05. The number of hydrogen-bond donors (Lipinski definition) is 2. The Morgan fingerprint density at radius 2 is 2.05 bits per heavy atom. The Morgan fingerprint density at radius 1 is 1.37 bits per heavy atom. The van der Waals surface area contributed by atoms with Crippen LogP contribution < -0.4 is 10.5 Å². The molecule has 4 nitrogen and oxygen atoms in total. The molecule has 0 saturated carbocycles. The van der Waals surface area contributed by atoms with Gasteiger partial charge in [-0.25, -0.2) is 0 Å². The third-order valence-corrected chi connectivity index (χ3v) is 3.26. The van der Waals surface area contributed by atoms with Gasteiger partial charge >= 0.3 is 0 Å². The first-order valence-corrected chi connectivity index (χ1v) is 6.68. The highest BCUT2D eigenvalue weighted by Gasteiger charge is 2.10. The molecule has 4 heteroatoms. The number of hydrogen-bond acceptors (Lipinski definition) is 4. The molecule has 1 rings (SSSR count). The van der Waals surface area contributed by atoms with E-state index in [0.29, 0.717) is 13.1 Å². The van der Waals surface area contributed by atoms with E-state index < -0.39 is 6.10 Å². The maximum Gasteiger partial charge on any atom is 0.125 e. The Hall–Kier alpha value is -1.10. The molecule has 0 heterocycles. The SMILES string of the molecule is COc1c(C)cc(C)cc1CCN(C)CC(O)CN. The third-order valence-electron chi connectivity index (χ3n) is 3.26. The van der Waals surface area contributed by atoms with E-state index >= 15 is 0 Å². The number of methoxy groups -OCH3 is 1. The van der Waals surface area contributed by atoms with Gasteiger partial charge in [0.1, 0.15) is 5.75 Å². The van der Waals surface area contributed by atoms with Crippen LogP contribution in [-0.2, 0) is 6.42 Å². The maximum atomic E-state index is 9.52. The fraction of sp³-hybridized carbons (Fsp3) is 0.600. The van der Waals surface area contributed by atoms with Crippen molar-refractivity contribution < 1.29 is 9.84 Å². The van der Waals surface area contributed by atoms with Crippen molar-refractivity contribution in [3.8, 4) is 5.75 Å². The fourth-order valence-electron chi connectivity index (χ4n) is 2.36. The Kier molecular flexibility index (Phi) is 6.28. The zero-order valence-electron chi connectivity index (χ0n) is 12.4. The molecule has 1 aromatic carbocycles. The Labute approximate surface area is 116 Å². The first-order valence-electron chi connectivity index (χ1n) is 6.68. The van der Waals surface area contributed by atoms with Crippen LogP contribution in [-0.4, -0.2) is 49.9 Å². The van der Waals surface area contributed by atoms with E-state index in [0.717, 1.165) is 18.7 Å². The van der Waals surface area contributed by atoms with Crippen molar-refractivity contribution >= 4 is 0 Å². The average Bonchev–Trinajstić information content (AvgIpc) is 2.35. The van der Waals surface area contributed by atoms with E-state index in [4.69, 9.17) is 10.5 Å². The van der Waals surface area contributed by atoms with E-state index in [1.807, 2.05) is 7.05 Å². The van der Waals surface area contributed by atoms with Gasteiger partial charge in [-0.2, -0.15) is 0 Å². The van der Waals surface area contributed by atoms with Crippen molar-refractivity contribution in [3.05, 3.63) is 28.8 Å². The van der Waals surface area contributed by atoms with Crippen molar-refractivity contribution in [2.24, 2.45) is 5.73 Å². The van der Waals surface area contributed by atoms with Gasteiger partial charge in [0, 0.05) is 19.6 Å². The van der Waals surface area contributed by atoms with Gasteiger partial charge in [0.15, 0.2) is 0 Å². The van der Waals surface area contributed by atoms with Gasteiger partial charge in [0.25, 0.3) is 0 Å². The van der Waals surface area contributed by atoms with Gasteiger partial charge in [-0.05, 0) is 38.4 Å². The van der Waals surface area contributed by atoms with Crippen LogP contribution in [0.25, 0.3) is 0 Å². The molecular formula is C15H26N2O2. The number of rotatable bonds is 7. The van der Waals surface area contributed by atoms with Gasteiger partial charge in [-0.1, -0.05) is 17.7 Å². The summed E-state index contributed by atoms with van der Waals surface area (Å²) < 4.78 is 5.48. The molecule has 0 spiro atoms. The van der Waals surface area contributed by atoms with Gasteiger partial charge in [-0.3, -0.25) is 0 Å². The van der Waals surface area contributed by atoms with Crippen LogP contribution in [0.15, 0.2) is 12.1 Å². The van der Waals surface area contributed by atoms with E-state index in [1.54, 1.807) is 7.11 Å². The fourth-order valence-corrected chi connectivity index (χ4v) is 2.36. The molecule has 19 heavy (non-hydrogen) atoms. The minimum Gasteiger partial charge on any atom is -0.496 e. The molecule has 0 radical (unpaired) electrons. The summed E-state index contributed by atoms with van der Waals surface area (Å²) in [7, 11) is 3.71. The van der Waals surface area contributed by atoms with Gasteiger partial charge in [0.05, 0.1) is 13.2 Å². The minimum atomic E-state index is -0.453. The molecular weight excluding hydrogens is 240 g/mol. The van der Waals surface area contributed by atoms with Crippen molar-refractivity contribution in [3.63, 3.8) is 0 Å². The number of nitrogens with two attached hydrogens (primary N) is 1. The number of ether oxygens (including phenoxy) is 1. The predicted octanol–water partition coefficient (Wildman–Crippen LogP) is 1.11. The lowest BCUT2D eigenvalue weighted by Gasteiger charge is -2.20. The molecule has 0 bridgehead atoms. The number of nitrogens with zero attached hydrogens (tertiary/aromatic N) is 1. The van der Waals surface area contributed by atoms with Gasteiger partial charge in [0.2, 0.25) is 0 Å². The van der Waals surface area contributed by atoms with Crippen molar-refractivity contribution in [2.45, 2.75) is 26.4 Å². The number of benzene rings is 1. The molecule has 0 amide bonds. The average molecular weight is 266 g/mol.